The Labute approximate surface area is 126 Å². The first-order valence-corrected chi connectivity index (χ1v) is 7.74. The van der Waals surface area contributed by atoms with Gasteiger partial charge in [0.2, 0.25) is 0 Å². The summed E-state index contributed by atoms with van der Waals surface area (Å²) in [6.45, 7) is 3.77. The number of aliphatic hydroxyl groups is 1. The molecule has 2 aromatic rings. The lowest BCUT2D eigenvalue weighted by Crippen LogP contribution is -2.35. The van der Waals surface area contributed by atoms with Gasteiger partial charge in [0.05, 0.1) is 30.4 Å². The molecule has 21 heavy (non-hydrogen) atoms. The fourth-order valence-electron chi connectivity index (χ4n) is 2.35. The summed E-state index contributed by atoms with van der Waals surface area (Å²) in [5, 5.41) is 10.1. The Morgan fingerprint density at radius 1 is 1.29 bits per heavy atom. The van der Waals surface area contributed by atoms with Crippen LogP contribution in [-0.4, -0.2) is 41.3 Å². The quantitative estimate of drug-likeness (QED) is 0.941. The van der Waals surface area contributed by atoms with Crippen molar-refractivity contribution in [1.82, 2.24) is 9.88 Å². The van der Waals surface area contributed by atoms with E-state index in [0.29, 0.717) is 17.1 Å². The number of thiazole rings is 1. The molecule has 1 aliphatic rings. The summed E-state index contributed by atoms with van der Waals surface area (Å²) in [6, 6.07) is 6.60. The molecule has 2 heterocycles. The molecule has 6 heteroatoms. The number of benzene rings is 1. The third-order valence-electron chi connectivity index (χ3n) is 3.50. The molecule has 1 fully saturated rings. The number of rotatable bonds is 4. The maximum atomic E-state index is 13.9. The smallest absolute Gasteiger partial charge is 0.133 e. The van der Waals surface area contributed by atoms with Crippen molar-refractivity contribution in [2.75, 3.05) is 26.3 Å². The molecule has 1 aromatic carbocycles. The highest BCUT2D eigenvalue weighted by atomic mass is 32.1. The van der Waals surface area contributed by atoms with Crippen LogP contribution < -0.4 is 0 Å². The monoisotopic (exact) mass is 308 g/mol. The van der Waals surface area contributed by atoms with Crippen LogP contribution in [0, 0.1) is 5.82 Å². The maximum Gasteiger partial charge on any atom is 0.133 e. The molecule has 4 nitrogen and oxygen atoms in total. The van der Waals surface area contributed by atoms with Gasteiger partial charge in [-0.05, 0) is 12.1 Å². The Morgan fingerprint density at radius 2 is 2.05 bits per heavy atom. The standard InChI is InChI=1S/C15H17FN2O2S/c16-12-4-2-1-3-11(12)15-17-13(14(10-19)21-15)9-18-5-7-20-8-6-18/h1-4,19H,5-10H2. The molecule has 1 aliphatic heterocycles. The Balaban J connectivity index is 1.86. The lowest BCUT2D eigenvalue weighted by molar-refractivity contribution is 0.0335. The van der Waals surface area contributed by atoms with Gasteiger partial charge in [0.15, 0.2) is 0 Å². The highest BCUT2D eigenvalue weighted by Gasteiger charge is 2.18. The normalized spacial score (nSPS) is 16.3. The Morgan fingerprint density at radius 3 is 2.76 bits per heavy atom. The molecule has 0 saturated carbocycles. The molecule has 0 spiro atoms. The van der Waals surface area contributed by atoms with Crippen molar-refractivity contribution < 1.29 is 14.2 Å². The van der Waals surface area contributed by atoms with E-state index in [1.165, 1.54) is 17.4 Å². The number of hydrogen-bond donors (Lipinski definition) is 1. The van der Waals surface area contributed by atoms with Crippen LogP contribution in [0.2, 0.25) is 0 Å². The topological polar surface area (TPSA) is 45.6 Å². The van der Waals surface area contributed by atoms with Crippen LogP contribution in [0.5, 0.6) is 0 Å². The van der Waals surface area contributed by atoms with E-state index in [2.05, 4.69) is 9.88 Å². The van der Waals surface area contributed by atoms with Crippen molar-refractivity contribution in [1.29, 1.82) is 0 Å². The van der Waals surface area contributed by atoms with Gasteiger partial charge in [-0.1, -0.05) is 12.1 Å². The van der Waals surface area contributed by atoms with E-state index in [9.17, 15) is 9.50 Å². The molecule has 0 atom stereocenters. The molecule has 112 valence electrons. The van der Waals surface area contributed by atoms with E-state index >= 15 is 0 Å². The van der Waals surface area contributed by atoms with Crippen LogP contribution in [0.25, 0.3) is 10.6 Å². The highest BCUT2D eigenvalue weighted by molar-refractivity contribution is 7.15. The van der Waals surface area contributed by atoms with Gasteiger partial charge in [0.1, 0.15) is 10.8 Å². The molecular weight excluding hydrogens is 291 g/mol. The lowest BCUT2D eigenvalue weighted by Gasteiger charge is -2.26. The summed E-state index contributed by atoms with van der Waals surface area (Å²) >= 11 is 1.36. The van der Waals surface area contributed by atoms with Gasteiger partial charge < -0.3 is 9.84 Å². The molecule has 0 aliphatic carbocycles. The summed E-state index contributed by atoms with van der Waals surface area (Å²) < 4.78 is 19.2. The van der Waals surface area contributed by atoms with E-state index in [4.69, 9.17) is 4.74 Å². The first kappa shape index (κ1) is 14.6. The number of morpholine rings is 1. The molecular formula is C15H17FN2O2S. The van der Waals surface area contributed by atoms with Crippen LogP contribution in [-0.2, 0) is 17.9 Å². The predicted molar refractivity (Wildman–Crippen MR) is 79.5 cm³/mol. The number of aromatic nitrogens is 1. The summed E-state index contributed by atoms with van der Waals surface area (Å²) in [4.78, 5) is 7.59. The first-order chi connectivity index (χ1) is 10.3. The van der Waals surface area contributed by atoms with Crippen LogP contribution in [0.4, 0.5) is 4.39 Å². The van der Waals surface area contributed by atoms with Crippen LogP contribution in [0.3, 0.4) is 0 Å². The third-order valence-corrected chi connectivity index (χ3v) is 4.62. The van der Waals surface area contributed by atoms with Gasteiger partial charge in [0, 0.05) is 25.2 Å². The number of hydrogen-bond acceptors (Lipinski definition) is 5. The number of aliphatic hydroxyl groups excluding tert-OH is 1. The van der Waals surface area contributed by atoms with Crippen molar-refractivity contribution in [3.05, 3.63) is 40.7 Å². The van der Waals surface area contributed by atoms with Crippen molar-refractivity contribution in [2.45, 2.75) is 13.2 Å². The summed E-state index contributed by atoms with van der Waals surface area (Å²) in [5.74, 6) is -0.284. The molecule has 1 aromatic heterocycles. The SMILES string of the molecule is OCc1sc(-c2ccccc2F)nc1CN1CCOCC1. The van der Waals surface area contributed by atoms with Crippen molar-refractivity contribution in [3.8, 4) is 10.6 Å². The van der Waals surface area contributed by atoms with E-state index in [0.717, 1.165) is 36.9 Å². The zero-order chi connectivity index (χ0) is 14.7. The van der Waals surface area contributed by atoms with Crippen molar-refractivity contribution in [3.63, 3.8) is 0 Å². The van der Waals surface area contributed by atoms with Crippen LogP contribution in [0.15, 0.2) is 24.3 Å². The fourth-order valence-corrected chi connectivity index (χ4v) is 3.31. The Bertz CT molecular complexity index is 611. The van der Waals surface area contributed by atoms with Crippen molar-refractivity contribution >= 4 is 11.3 Å². The molecule has 1 saturated heterocycles. The third kappa shape index (κ3) is 3.29. The Hall–Kier alpha value is -1.34. The van der Waals surface area contributed by atoms with E-state index < -0.39 is 0 Å². The molecule has 0 unspecified atom stereocenters. The zero-order valence-corrected chi connectivity index (χ0v) is 12.4. The zero-order valence-electron chi connectivity index (χ0n) is 11.6. The van der Waals surface area contributed by atoms with Gasteiger partial charge in [0.25, 0.3) is 0 Å². The first-order valence-electron chi connectivity index (χ1n) is 6.92. The summed E-state index contributed by atoms with van der Waals surface area (Å²) in [6.07, 6.45) is 0. The van der Waals surface area contributed by atoms with Crippen molar-refractivity contribution in [2.24, 2.45) is 0 Å². The Kier molecular flexibility index (Phi) is 4.60. The maximum absolute atomic E-state index is 13.9. The van der Waals surface area contributed by atoms with E-state index in [-0.39, 0.29) is 12.4 Å². The van der Waals surface area contributed by atoms with Gasteiger partial charge in [-0.3, -0.25) is 4.90 Å². The molecule has 1 N–H and O–H groups in total. The molecule has 0 radical (unpaired) electrons. The average molecular weight is 308 g/mol. The van der Waals surface area contributed by atoms with Crippen LogP contribution in [0.1, 0.15) is 10.6 Å². The van der Waals surface area contributed by atoms with Gasteiger partial charge >= 0.3 is 0 Å². The minimum Gasteiger partial charge on any atom is -0.391 e. The highest BCUT2D eigenvalue weighted by Crippen LogP contribution is 2.30. The van der Waals surface area contributed by atoms with Gasteiger partial charge in [-0.2, -0.15) is 0 Å². The van der Waals surface area contributed by atoms with Gasteiger partial charge in [-0.15, -0.1) is 11.3 Å². The largest absolute Gasteiger partial charge is 0.391 e. The summed E-state index contributed by atoms with van der Waals surface area (Å²) in [5.41, 5.74) is 1.33. The fraction of sp³-hybridized carbons (Fsp3) is 0.400. The second-order valence-electron chi connectivity index (χ2n) is 4.92. The predicted octanol–water partition coefficient (Wildman–Crippen LogP) is 2.27. The second kappa shape index (κ2) is 6.62. The minimum atomic E-state index is -0.284. The van der Waals surface area contributed by atoms with E-state index in [1.807, 2.05) is 0 Å². The second-order valence-corrected chi connectivity index (χ2v) is 6.00. The minimum absolute atomic E-state index is 0.0637. The molecule has 0 bridgehead atoms. The number of halogens is 1. The average Bonchev–Trinajstić information content (AvgIpc) is 2.91. The number of nitrogens with zero attached hydrogens (tertiary/aromatic N) is 2. The van der Waals surface area contributed by atoms with Crippen LogP contribution >= 0.6 is 11.3 Å². The lowest BCUT2D eigenvalue weighted by atomic mass is 10.2. The van der Waals surface area contributed by atoms with E-state index in [1.54, 1.807) is 18.2 Å². The molecule has 0 amide bonds. The molecule has 3 rings (SSSR count). The summed E-state index contributed by atoms with van der Waals surface area (Å²) in [7, 11) is 0. The number of ether oxygens (including phenoxy) is 1. The van der Waals surface area contributed by atoms with Gasteiger partial charge in [-0.25, -0.2) is 9.37 Å².